The van der Waals surface area contributed by atoms with E-state index in [1.54, 1.807) is 14.2 Å². The molecule has 1 atom stereocenters. The van der Waals surface area contributed by atoms with Crippen LogP contribution in [0.25, 0.3) is 0 Å². The first kappa shape index (κ1) is 20.2. The molecule has 2 aromatic carbocycles. The van der Waals surface area contributed by atoms with Gasteiger partial charge in [-0.2, -0.15) is 0 Å². The molecule has 1 aliphatic heterocycles. The lowest BCUT2D eigenvalue weighted by Crippen LogP contribution is -2.23. The minimum Gasteiger partial charge on any atom is -0.493 e. The van der Waals surface area contributed by atoms with E-state index in [9.17, 15) is 5.11 Å². The molecule has 0 radical (unpaired) electrons. The Hall–Kier alpha value is -2.15. The van der Waals surface area contributed by atoms with Crippen molar-refractivity contribution in [3.8, 4) is 23.0 Å². The predicted molar refractivity (Wildman–Crippen MR) is 101 cm³/mol. The predicted octanol–water partition coefficient (Wildman–Crippen LogP) is 2.72. The lowest BCUT2D eigenvalue weighted by molar-refractivity contribution is 0.170. The molecule has 6 nitrogen and oxygen atoms in total. The third-order valence-electron chi connectivity index (χ3n) is 4.16. The number of aliphatic hydroxyl groups is 1. The number of aliphatic hydroxyl groups excluding tert-OH is 1. The highest BCUT2D eigenvalue weighted by molar-refractivity contribution is 5.85. The smallest absolute Gasteiger partial charge is 0.231 e. The topological polar surface area (TPSA) is 69.2 Å². The number of hydrogen-bond acceptors (Lipinski definition) is 6. The van der Waals surface area contributed by atoms with E-state index in [1.165, 1.54) is 0 Å². The zero-order valence-corrected chi connectivity index (χ0v) is 15.7. The lowest BCUT2D eigenvalue weighted by Gasteiger charge is -2.13. The highest BCUT2D eigenvalue weighted by Crippen LogP contribution is 2.34. The number of nitrogens with one attached hydrogen (secondary N) is 1. The van der Waals surface area contributed by atoms with Crippen LogP contribution in [0, 0.1) is 0 Å². The van der Waals surface area contributed by atoms with Crippen molar-refractivity contribution in [3.63, 3.8) is 0 Å². The lowest BCUT2D eigenvalue weighted by atomic mass is 10.1. The first-order chi connectivity index (χ1) is 12.2. The second-order valence-electron chi connectivity index (χ2n) is 5.77. The maximum Gasteiger partial charge on any atom is 0.231 e. The van der Waals surface area contributed by atoms with E-state index in [4.69, 9.17) is 18.9 Å². The molecule has 1 heterocycles. The summed E-state index contributed by atoms with van der Waals surface area (Å²) in [7, 11) is 3.25. The number of hydrogen-bond donors (Lipinski definition) is 2. The fraction of sp³-hybridized carbons (Fsp3) is 0.368. The van der Waals surface area contributed by atoms with Crippen LogP contribution in [0.3, 0.4) is 0 Å². The summed E-state index contributed by atoms with van der Waals surface area (Å²) in [4.78, 5) is 0. The molecule has 1 aliphatic rings. The Morgan fingerprint density at radius 3 is 2.58 bits per heavy atom. The molecular formula is C19H24ClNO5. The second kappa shape index (κ2) is 9.52. The first-order valence-corrected chi connectivity index (χ1v) is 8.20. The van der Waals surface area contributed by atoms with Crippen LogP contribution in [0.2, 0.25) is 0 Å². The highest BCUT2D eigenvalue weighted by Gasteiger charge is 2.16. The molecule has 1 unspecified atom stereocenters. The van der Waals surface area contributed by atoms with E-state index in [-0.39, 0.29) is 19.2 Å². The molecule has 0 saturated heterocycles. The fourth-order valence-corrected chi connectivity index (χ4v) is 2.75. The SMILES string of the molecule is COc1ccc(CCNCC(O)c2ccc3c(c2)OCO3)cc1OC.Cl. The maximum atomic E-state index is 10.3. The van der Waals surface area contributed by atoms with Crippen molar-refractivity contribution in [2.24, 2.45) is 0 Å². The van der Waals surface area contributed by atoms with Crippen molar-refractivity contribution in [2.45, 2.75) is 12.5 Å². The molecule has 26 heavy (non-hydrogen) atoms. The third-order valence-corrected chi connectivity index (χ3v) is 4.16. The van der Waals surface area contributed by atoms with E-state index >= 15 is 0 Å². The Kier molecular flexibility index (Phi) is 7.38. The van der Waals surface area contributed by atoms with Crippen LogP contribution in [0.1, 0.15) is 17.2 Å². The van der Waals surface area contributed by atoms with Crippen molar-refractivity contribution in [1.82, 2.24) is 5.32 Å². The summed E-state index contributed by atoms with van der Waals surface area (Å²) >= 11 is 0. The van der Waals surface area contributed by atoms with Gasteiger partial charge in [0.1, 0.15) is 0 Å². The Labute approximate surface area is 159 Å². The van der Waals surface area contributed by atoms with Crippen LogP contribution in [0.4, 0.5) is 0 Å². The Morgan fingerprint density at radius 1 is 1.04 bits per heavy atom. The van der Waals surface area contributed by atoms with Gasteiger partial charge in [0.25, 0.3) is 0 Å². The first-order valence-electron chi connectivity index (χ1n) is 8.20. The molecule has 0 bridgehead atoms. The molecule has 0 aliphatic carbocycles. The van der Waals surface area contributed by atoms with Gasteiger partial charge in [0.05, 0.1) is 20.3 Å². The number of fused-ring (bicyclic) bond motifs is 1. The fourth-order valence-electron chi connectivity index (χ4n) is 2.75. The number of methoxy groups -OCH3 is 2. The van der Waals surface area contributed by atoms with Gasteiger partial charge in [-0.05, 0) is 48.4 Å². The zero-order chi connectivity index (χ0) is 17.6. The van der Waals surface area contributed by atoms with Gasteiger partial charge in [-0.1, -0.05) is 12.1 Å². The maximum absolute atomic E-state index is 10.3. The second-order valence-corrected chi connectivity index (χ2v) is 5.77. The van der Waals surface area contributed by atoms with Crippen LogP contribution in [0.15, 0.2) is 36.4 Å². The van der Waals surface area contributed by atoms with Gasteiger partial charge in [0.15, 0.2) is 23.0 Å². The quantitative estimate of drug-likeness (QED) is 0.685. The molecular weight excluding hydrogens is 358 g/mol. The van der Waals surface area contributed by atoms with Crippen LogP contribution < -0.4 is 24.3 Å². The number of halogens is 1. The molecule has 3 rings (SSSR count). The summed E-state index contributed by atoms with van der Waals surface area (Å²) in [5.41, 5.74) is 1.95. The highest BCUT2D eigenvalue weighted by atomic mass is 35.5. The molecule has 0 aromatic heterocycles. The van der Waals surface area contributed by atoms with E-state index in [1.807, 2.05) is 36.4 Å². The van der Waals surface area contributed by atoms with Gasteiger partial charge in [-0.3, -0.25) is 0 Å². The summed E-state index contributed by atoms with van der Waals surface area (Å²) < 4.78 is 21.2. The zero-order valence-electron chi connectivity index (χ0n) is 14.9. The van der Waals surface area contributed by atoms with Crippen molar-refractivity contribution >= 4 is 12.4 Å². The van der Waals surface area contributed by atoms with Crippen LogP contribution in [-0.4, -0.2) is 39.2 Å². The van der Waals surface area contributed by atoms with Crippen molar-refractivity contribution in [1.29, 1.82) is 0 Å². The largest absolute Gasteiger partial charge is 0.493 e. The van der Waals surface area contributed by atoms with Gasteiger partial charge >= 0.3 is 0 Å². The van der Waals surface area contributed by atoms with Crippen LogP contribution in [-0.2, 0) is 6.42 Å². The Balaban J connectivity index is 0.00000243. The molecule has 2 aromatic rings. The van der Waals surface area contributed by atoms with Crippen LogP contribution in [0.5, 0.6) is 23.0 Å². The average Bonchev–Trinajstić information content (AvgIpc) is 3.12. The monoisotopic (exact) mass is 381 g/mol. The van der Waals surface area contributed by atoms with Gasteiger partial charge in [-0.15, -0.1) is 12.4 Å². The Bertz CT molecular complexity index is 725. The van der Waals surface area contributed by atoms with Crippen molar-refractivity contribution in [2.75, 3.05) is 34.1 Å². The molecule has 142 valence electrons. The van der Waals surface area contributed by atoms with Crippen molar-refractivity contribution in [3.05, 3.63) is 47.5 Å². The van der Waals surface area contributed by atoms with Gasteiger partial charge in [-0.25, -0.2) is 0 Å². The van der Waals surface area contributed by atoms with Crippen molar-refractivity contribution < 1.29 is 24.1 Å². The molecule has 0 amide bonds. The Morgan fingerprint density at radius 2 is 1.81 bits per heavy atom. The summed E-state index contributed by atoms with van der Waals surface area (Å²) in [5.74, 6) is 2.84. The van der Waals surface area contributed by atoms with Crippen LogP contribution >= 0.6 is 12.4 Å². The van der Waals surface area contributed by atoms with E-state index < -0.39 is 6.10 Å². The van der Waals surface area contributed by atoms with E-state index in [0.717, 1.165) is 41.3 Å². The number of rotatable bonds is 8. The van der Waals surface area contributed by atoms with Gasteiger partial charge < -0.3 is 29.4 Å². The third kappa shape index (κ3) is 4.72. The average molecular weight is 382 g/mol. The normalized spacial score (nSPS) is 13.0. The minimum absolute atomic E-state index is 0. The summed E-state index contributed by atoms with van der Waals surface area (Å²) in [6.07, 6.45) is 0.230. The minimum atomic E-state index is -0.597. The summed E-state index contributed by atoms with van der Waals surface area (Å²) in [6, 6.07) is 11.4. The number of benzene rings is 2. The van der Waals surface area contributed by atoms with E-state index in [0.29, 0.717) is 12.3 Å². The molecule has 7 heteroatoms. The molecule has 0 spiro atoms. The number of ether oxygens (including phenoxy) is 4. The summed E-state index contributed by atoms with van der Waals surface area (Å²) in [6.45, 7) is 1.45. The molecule has 0 fully saturated rings. The standard InChI is InChI=1S/C19H23NO5.ClH/c1-22-16-5-3-13(9-18(16)23-2)7-8-20-11-15(21)14-4-6-17-19(10-14)25-12-24-17;/h3-6,9-10,15,20-21H,7-8,11-12H2,1-2H3;1H. The molecule has 2 N–H and O–H groups in total. The van der Waals surface area contributed by atoms with E-state index in [2.05, 4.69) is 5.32 Å². The van der Waals surface area contributed by atoms with Gasteiger partial charge in [0.2, 0.25) is 6.79 Å². The molecule has 0 saturated carbocycles. The van der Waals surface area contributed by atoms with Gasteiger partial charge in [0, 0.05) is 6.54 Å². The summed E-state index contributed by atoms with van der Waals surface area (Å²) in [5, 5.41) is 13.6.